The predicted molar refractivity (Wildman–Crippen MR) is 133 cm³/mol. The summed E-state index contributed by atoms with van der Waals surface area (Å²) in [7, 11) is -2.76. The van der Waals surface area contributed by atoms with Gasteiger partial charge in [0, 0.05) is 11.1 Å². The van der Waals surface area contributed by atoms with Crippen LogP contribution in [0, 0.1) is 0 Å². The molecule has 0 atom stereocenters. The highest BCUT2D eigenvalue weighted by Crippen LogP contribution is 2.11. The van der Waals surface area contributed by atoms with E-state index in [-0.39, 0.29) is 11.8 Å². The van der Waals surface area contributed by atoms with E-state index >= 15 is 0 Å². The summed E-state index contributed by atoms with van der Waals surface area (Å²) < 4.78 is 0. The first-order valence-corrected chi connectivity index (χ1v) is 12.4. The zero-order valence-corrected chi connectivity index (χ0v) is 18.9. The second kappa shape index (κ2) is 9.62. The number of carbonyl (C=O) groups is 2. The number of hydrogen-bond acceptors (Lipinski definition) is 4. The molecule has 0 heterocycles. The van der Waals surface area contributed by atoms with Gasteiger partial charge in [-0.3, -0.25) is 20.4 Å². The summed E-state index contributed by atoms with van der Waals surface area (Å²) in [5, 5.41) is 4.57. The van der Waals surface area contributed by atoms with Crippen molar-refractivity contribution in [1.29, 1.82) is 0 Å². The Kier molecular flexibility index (Phi) is 6.46. The van der Waals surface area contributed by atoms with E-state index < -0.39 is 8.07 Å². The average molecular weight is 453 g/mol. The van der Waals surface area contributed by atoms with Crippen molar-refractivity contribution in [3.63, 3.8) is 0 Å². The topological polar surface area (TPSA) is 110 Å². The molecule has 0 fully saturated rings. The van der Waals surface area contributed by atoms with Crippen molar-refractivity contribution in [2.75, 3.05) is 0 Å². The number of carbonyl (C=O) groups excluding carboxylic acids is 2. The molecule has 6 nitrogen and oxygen atoms in total. The molecule has 33 heavy (non-hydrogen) atoms. The Morgan fingerprint density at radius 3 is 1.09 bits per heavy atom. The van der Waals surface area contributed by atoms with E-state index in [2.05, 4.69) is 35.1 Å². The Balaban J connectivity index is 2.02. The van der Waals surface area contributed by atoms with Gasteiger partial charge < -0.3 is 0 Å². The molecule has 2 amide bonds. The molecule has 0 radical (unpaired) electrons. The first-order valence-electron chi connectivity index (χ1n) is 10.4. The Hall–Kier alpha value is -4.04. The van der Waals surface area contributed by atoms with Crippen molar-refractivity contribution >= 4 is 40.6 Å². The maximum Gasteiger partial charge on any atom is 0.265 e. The molecular weight excluding hydrogens is 428 g/mol. The number of hydrogen-bond donors (Lipinski definition) is 4. The highest BCUT2D eigenvalue weighted by atomic mass is 28.3. The Morgan fingerprint density at radius 2 is 0.788 bits per heavy atom. The summed E-state index contributed by atoms with van der Waals surface area (Å²) in [6.45, 7) is 0. The van der Waals surface area contributed by atoms with Gasteiger partial charge >= 0.3 is 0 Å². The fourth-order valence-electron chi connectivity index (χ4n) is 4.29. The molecule has 164 valence electrons. The van der Waals surface area contributed by atoms with E-state index in [1.54, 1.807) is 24.3 Å². The van der Waals surface area contributed by atoms with Gasteiger partial charge in [-0.25, -0.2) is 11.7 Å². The minimum atomic E-state index is -2.76. The lowest BCUT2D eigenvalue weighted by atomic mass is 10.2. The van der Waals surface area contributed by atoms with Gasteiger partial charge in [0.05, 0.1) is 0 Å². The van der Waals surface area contributed by atoms with Crippen LogP contribution in [-0.2, 0) is 0 Å². The molecule has 0 bridgehead atoms. The zero-order chi connectivity index (χ0) is 23.3. The van der Waals surface area contributed by atoms with Crippen molar-refractivity contribution in [3.8, 4) is 0 Å². The van der Waals surface area contributed by atoms with Gasteiger partial charge in [0.2, 0.25) is 0 Å². The van der Waals surface area contributed by atoms with Crippen LogP contribution in [0.1, 0.15) is 20.7 Å². The molecule has 0 aliphatic heterocycles. The number of nitrogens with one attached hydrogen (secondary N) is 2. The van der Waals surface area contributed by atoms with Crippen molar-refractivity contribution in [2.24, 2.45) is 11.7 Å². The molecule has 0 unspecified atom stereocenters. The molecule has 0 spiro atoms. The molecule has 0 aliphatic rings. The maximum atomic E-state index is 12.0. The van der Waals surface area contributed by atoms with E-state index in [0.717, 1.165) is 10.4 Å². The number of nitrogens with two attached hydrogens (primary N) is 2. The molecule has 0 saturated heterocycles. The molecule has 4 aromatic rings. The van der Waals surface area contributed by atoms with Crippen LogP contribution >= 0.6 is 0 Å². The first kappa shape index (κ1) is 22.2. The maximum absolute atomic E-state index is 12.0. The fraction of sp³-hybridized carbons (Fsp3) is 0. The van der Waals surface area contributed by atoms with Gasteiger partial charge in [-0.1, -0.05) is 84.9 Å². The second-order valence-electron chi connectivity index (χ2n) is 7.58. The summed E-state index contributed by atoms with van der Waals surface area (Å²) >= 11 is 0. The van der Waals surface area contributed by atoms with E-state index in [1.807, 2.05) is 60.7 Å². The van der Waals surface area contributed by atoms with Crippen molar-refractivity contribution < 1.29 is 9.59 Å². The van der Waals surface area contributed by atoms with Crippen LogP contribution < -0.4 is 43.3 Å². The molecule has 0 aliphatic carbocycles. The molecule has 4 rings (SSSR count). The van der Waals surface area contributed by atoms with Crippen molar-refractivity contribution in [1.82, 2.24) is 10.9 Å². The molecule has 7 heteroatoms. The standard InChI is InChI=1S/C26H24N4O2Si/c27-29-25(31)19-11-15-23(16-12-19)33(21-7-3-1-4-8-21,22-9-5-2-6-10-22)24-17-13-20(14-18-24)26(32)30-28/h1-18H,27-28H2,(H,29,31)(H,30,32). The minimum absolute atomic E-state index is 0.342. The monoisotopic (exact) mass is 452 g/mol. The van der Waals surface area contributed by atoms with E-state index in [0.29, 0.717) is 11.1 Å². The Labute approximate surface area is 193 Å². The average Bonchev–Trinajstić information content (AvgIpc) is 2.90. The normalized spacial score (nSPS) is 11.0. The second-order valence-corrected chi connectivity index (χ2v) is 11.4. The lowest BCUT2D eigenvalue weighted by Crippen LogP contribution is -2.74. The lowest BCUT2D eigenvalue weighted by Gasteiger charge is -2.34. The van der Waals surface area contributed by atoms with Crippen LogP contribution in [0.25, 0.3) is 0 Å². The molecular formula is C26H24N4O2Si. The highest BCUT2D eigenvalue weighted by molar-refractivity contribution is 7.19. The van der Waals surface area contributed by atoms with E-state index in [1.165, 1.54) is 10.4 Å². The third-order valence-corrected chi connectivity index (χ3v) is 10.6. The number of rotatable bonds is 6. The first-order chi connectivity index (χ1) is 16.1. The van der Waals surface area contributed by atoms with Crippen molar-refractivity contribution in [3.05, 3.63) is 120 Å². The predicted octanol–water partition coefficient (Wildman–Crippen LogP) is 0.271. The van der Waals surface area contributed by atoms with Gasteiger partial charge in [0.25, 0.3) is 11.8 Å². The van der Waals surface area contributed by atoms with Crippen LogP contribution in [0.2, 0.25) is 0 Å². The van der Waals surface area contributed by atoms with Crippen LogP contribution in [0.3, 0.4) is 0 Å². The van der Waals surface area contributed by atoms with Crippen LogP contribution in [-0.4, -0.2) is 19.9 Å². The van der Waals surface area contributed by atoms with E-state index in [9.17, 15) is 9.59 Å². The fourth-order valence-corrected chi connectivity index (χ4v) is 9.00. The molecule has 6 N–H and O–H groups in total. The largest absolute Gasteiger partial charge is 0.290 e. The Bertz CT molecular complexity index is 1140. The molecule has 0 aromatic heterocycles. The summed E-state index contributed by atoms with van der Waals surface area (Å²) in [5.41, 5.74) is 5.34. The third-order valence-electron chi connectivity index (χ3n) is 5.84. The van der Waals surface area contributed by atoms with Crippen LogP contribution in [0.15, 0.2) is 109 Å². The van der Waals surface area contributed by atoms with Gasteiger partial charge in [0.15, 0.2) is 8.07 Å². The Morgan fingerprint density at radius 1 is 0.485 bits per heavy atom. The summed E-state index contributed by atoms with van der Waals surface area (Å²) in [4.78, 5) is 24.1. The smallest absolute Gasteiger partial charge is 0.265 e. The summed E-state index contributed by atoms with van der Waals surface area (Å²) in [6, 6.07) is 35.8. The zero-order valence-electron chi connectivity index (χ0n) is 17.9. The van der Waals surface area contributed by atoms with Gasteiger partial charge in [-0.05, 0) is 45.0 Å². The summed E-state index contributed by atoms with van der Waals surface area (Å²) in [5.74, 6) is 9.95. The number of amides is 2. The third kappa shape index (κ3) is 4.08. The quantitative estimate of drug-likeness (QED) is 0.111. The SMILES string of the molecule is NNC(=O)c1ccc([Si](c2ccccc2)(c2ccccc2)c2ccc(C(=O)NN)cc2)cc1. The molecule has 4 aromatic carbocycles. The van der Waals surface area contributed by atoms with Crippen LogP contribution in [0.5, 0.6) is 0 Å². The van der Waals surface area contributed by atoms with Gasteiger partial charge in [0.1, 0.15) is 0 Å². The number of benzene rings is 4. The van der Waals surface area contributed by atoms with Crippen LogP contribution in [0.4, 0.5) is 0 Å². The van der Waals surface area contributed by atoms with Gasteiger partial charge in [-0.15, -0.1) is 0 Å². The van der Waals surface area contributed by atoms with Crippen molar-refractivity contribution in [2.45, 2.75) is 0 Å². The number of hydrazine groups is 2. The summed E-state index contributed by atoms with van der Waals surface area (Å²) in [6.07, 6.45) is 0. The van der Waals surface area contributed by atoms with Gasteiger partial charge in [-0.2, -0.15) is 0 Å². The molecule has 0 saturated carbocycles. The number of nitrogen functional groups attached to an aromatic ring is 2. The highest BCUT2D eigenvalue weighted by Gasteiger charge is 2.41. The lowest BCUT2D eigenvalue weighted by molar-refractivity contribution is 0.0945. The van der Waals surface area contributed by atoms with E-state index in [4.69, 9.17) is 11.7 Å². The minimum Gasteiger partial charge on any atom is -0.290 e.